The minimum absolute atomic E-state index is 0.00919. The Labute approximate surface area is 205 Å². The molecule has 4 rings (SSSR count). The van der Waals surface area contributed by atoms with Crippen molar-refractivity contribution in [2.24, 2.45) is 5.92 Å². The Hall–Kier alpha value is -3.61. The summed E-state index contributed by atoms with van der Waals surface area (Å²) in [5, 5.41) is 14.4. The lowest BCUT2D eigenvalue weighted by Crippen LogP contribution is -2.36. The molecule has 3 N–H and O–H groups in total. The van der Waals surface area contributed by atoms with Crippen molar-refractivity contribution in [2.75, 3.05) is 13.2 Å². The number of alkyl carbamates (subject to hydrolysis) is 1. The third kappa shape index (κ3) is 6.29. The molecular formula is C28H32N2O5. The van der Waals surface area contributed by atoms with Crippen LogP contribution >= 0.6 is 0 Å². The van der Waals surface area contributed by atoms with E-state index < -0.39 is 12.1 Å². The number of ether oxygens (including phenoxy) is 1. The lowest BCUT2D eigenvalue weighted by Gasteiger charge is -2.17. The Kier molecular flexibility index (Phi) is 8.19. The molecule has 0 heterocycles. The summed E-state index contributed by atoms with van der Waals surface area (Å²) in [5.74, 6) is -1.09. The highest BCUT2D eigenvalue weighted by atomic mass is 16.5. The van der Waals surface area contributed by atoms with Gasteiger partial charge in [0, 0.05) is 18.9 Å². The van der Waals surface area contributed by atoms with Crippen molar-refractivity contribution in [1.29, 1.82) is 0 Å². The van der Waals surface area contributed by atoms with E-state index in [0.29, 0.717) is 19.4 Å². The van der Waals surface area contributed by atoms with Crippen LogP contribution in [0.25, 0.3) is 11.1 Å². The highest BCUT2D eigenvalue weighted by Crippen LogP contribution is 2.44. The van der Waals surface area contributed by atoms with Crippen LogP contribution in [0.3, 0.4) is 0 Å². The van der Waals surface area contributed by atoms with Crippen molar-refractivity contribution in [3.63, 3.8) is 0 Å². The average Bonchev–Trinajstić information content (AvgIpc) is 3.44. The van der Waals surface area contributed by atoms with E-state index in [2.05, 4.69) is 34.9 Å². The number of carboxylic acid groups (broad SMARTS) is 1. The van der Waals surface area contributed by atoms with Gasteiger partial charge in [-0.15, -0.1) is 0 Å². The van der Waals surface area contributed by atoms with Gasteiger partial charge in [0.05, 0.1) is 12.0 Å². The Bertz CT molecular complexity index is 1050. The molecule has 35 heavy (non-hydrogen) atoms. The second-order valence-electron chi connectivity index (χ2n) is 9.15. The smallest absolute Gasteiger partial charge is 0.407 e. The van der Waals surface area contributed by atoms with E-state index in [1.807, 2.05) is 36.4 Å². The molecule has 0 bridgehead atoms. The molecule has 2 aromatic rings. The number of unbranched alkanes of at least 4 members (excludes halogenated alkanes) is 3. The normalized spacial score (nSPS) is 18.1. The van der Waals surface area contributed by atoms with Gasteiger partial charge in [0.15, 0.2) is 0 Å². The van der Waals surface area contributed by atoms with E-state index >= 15 is 0 Å². The van der Waals surface area contributed by atoms with Gasteiger partial charge in [0.1, 0.15) is 6.61 Å². The molecule has 0 fully saturated rings. The molecule has 2 aliphatic carbocycles. The molecule has 0 aromatic heterocycles. The van der Waals surface area contributed by atoms with Crippen LogP contribution in [-0.4, -0.2) is 42.3 Å². The maximum absolute atomic E-state index is 12.5. The molecule has 0 aliphatic heterocycles. The number of nitrogens with one attached hydrogen (secondary N) is 2. The van der Waals surface area contributed by atoms with Gasteiger partial charge in [-0.3, -0.25) is 9.59 Å². The van der Waals surface area contributed by atoms with Crippen LogP contribution in [0.2, 0.25) is 0 Å². The van der Waals surface area contributed by atoms with Crippen molar-refractivity contribution in [3.8, 4) is 11.1 Å². The fourth-order valence-corrected chi connectivity index (χ4v) is 4.89. The van der Waals surface area contributed by atoms with E-state index in [0.717, 1.165) is 19.3 Å². The lowest BCUT2D eigenvalue weighted by molar-refractivity contribution is -0.137. The van der Waals surface area contributed by atoms with Crippen molar-refractivity contribution >= 4 is 18.0 Å². The fourth-order valence-electron chi connectivity index (χ4n) is 4.89. The first-order chi connectivity index (χ1) is 17.0. The Balaban J connectivity index is 1.17. The molecule has 2 atom stereocenters. The topological polar surface area (TPSA) is 105 Å². The van der Waals surface area contributed by atoms with E-state index in [9.17, 15) is 14.4 Å². The number of hydrogen-bond acceptors (Lipinski definition) is 4. The molecule has 0 radical (unpaired) electrons. The largest absolute Gasteiger partial charge is 0.481 e. The third-order valence-corrected chi connectivity index (χ3v) is 6.68. The second-order valence-corrected chi connectivity index (χ2v) is 9.15. The number of carboxylic acids is 1. The standard InChI is InChI=1S/C28H32N2O5/c31-26(32)13-3-1-2-8-16-29-27(33)19-14-15-20(17-19)30-28(34)35-18-25-23-11-6-4-9-21(23)22-10-5-7-12-24(22)25/h4-7,9-12,14-15,19-20,25H,1-3,8,13,16-18H2,(H,29,33)(H,30,34)(H,31,32). The second kappa shape index (κ2) is 11.7. The predicted molar refractivity (Wildman–Crippen MR) is 133 cm³/mol. The molecule has 184 valence electrons. The lowest BCUT2D eigenvalue weighted by atomic mass is 9.98. The number of amides is 2. The molecule has 7 heteroatoms. The minimum Gasteiger partial charge on any atom is -0.481 e. The molecule has 0 spiro atoms. The number of carbonyl (C=O) groups excluding carboxylic acids is 2. The summed E-state index contributed by atoms with van der Waals surface area (Å²) in [6.07, 6.45) is 7.11. The van der Waals surface area contributed by atoms with Crippen molar-refractivity contribution in [1.82, 2.24) is 10.6 Å². The number of aliphatic carboxylic acids is 1. The number of rotatable bonds is 11. The summed E-state index contributed by atoms with van der Waals surface area (Å²) in [4.78, 5) is 35.4. The molecule has 2 aliphatic rings. The maximum atomic E-state index is 12.5. The molecule has 7 nitrogen and oxygen atoms in total. The van der Waals surface area contributed by atoms with Crippen molar-refractivity contribution in [2.45, 2.75) is 50.5 Å². The zero-order valence-electron chi connectivity index (χ0n) is 19.7. The van der Waals surface area contributed by atoms with E-state index in [1.54, 1.807) is 0 Å². The average molecular weight is 477 g/mol. The zero-order valence-corrected chi connectivity index (χ0v) is 19.7. The van der Waals surface area contributed by atoms with Crippen molar-refractivity contribution < 1.29 is 24.2 Å². The van der Waals surface area contributed by atoms with Gasteiger partial charge in [-0.25, -0.2) is 4.79 Å². The molecule has 2 unspecified atom stereocenters. The summed E-state index contributed by atoms with van der Waals surface area (Å²) >= 11 is 0. The summed E-state index contributed by atoms with van der Waals surface area (Å²) < 4.78 is 5.60. The molecule has 2 aromatic carbocycles. The monoisotopic (exact) mass is 476 g/mol. The van der Waals surface area contributed by atoms with Crippen LogP contribution in [0.1, 0.15) is 55.6 Å². The molecular weight excluding hydrogens is 444 g/mol. The van der Waals surface area contributed by atoms with Gasteiger partial charge < -0.3 is 20.5 Å². The first-order valence-corrected chi connectivity index (χ1v) is 12.3. The third-order valence-electron chi connectivity index (χ3n) is 6.68. The van der Waals surface area contributed by atoms with Gasteiger partial charge in [0.2, 0.25) is 5.91 Å². The minimum atomic E-state index is -0.771. The Morgan fingerprint density at radius 1 is 0.886 bits per heavy atom. The van der Waals surface area contributed by atoms with Gasteiger partial charge in [0.25, 0.3) is 0 Å². The number of hydrogen-bond donors (Lipinski definition) is 3. The van der Waals surface area contributed by atoms with Crippen LogP contribution in [0.15, 0.2) is 60.7 Å². The number of benzene rings is 2. The SMILES string of the molecule is O=C(O)CCCCCCNC(=O)C1C=CC(NC(=O)OCC2c3ccccc3-c3ccccc32)C1. The van der Waals surface area contributed by atoms with Crippen LogP contribution in [-0.2, 0) is 14.3 Å². The number of fused-ring (bicyclic) bond motifs is 3. The van der Waals surface area contributed by atoms with Gasteiger partial charge in [-0.2, -0.15) is 0 Å². The molecule has 0 saturated carbocycles. The van der Waals surface area contributed by atoms with Crippen molar-refractivity contribution in [3.05, 3.63) is 71.8 Å². The highest BCUT2D eigenvalue weighted by Gasteiger charge is 2.30. The molecule has 0 saturated heterocycles. The summed E-state index contributed by atoms with van der Waals surface area (Å²) in [7, 11) is 0. The summed E-state index contributed by atoms with van der Waals surface area (Å²) in [6.45, 7) is 0.827. The van der Waals surface area contributed by atoms with Gasteiger partial charge in [-0.05, 0) is 41.5 Å². The van der Waals surface area contributed by atoms with Crippen LogP contribution in [0.4, 0.5) is 4.79 Å². The van der Waals surface area contributed by atoms with E-state index in [-0.39, 0.29) is 36.8 Å². The van der Waals surface area contributed by atoms with Gasteiger partial charge >= 0.3 is 12.1 Å². The van der Waals surface area contributed by atoms with Crippen LogP contribution in [0, 0.1) is 5.92 Å². The fraction of sp³-hybridized carbons (Fsp3) is 0.393. The predicted octanol–water partition coefficient (Wildman–Crippen LogP) is 4.62. The Morgan fingerprint density at radius 2 is 1.54 bits per heavy atom. The van der Waals surface area contributed by atoms with Crippen LogP contribution < -0.4 is 10.6 Å². The van der Waals surface area contributed by atoms with E-state index in [1.165, 1.54) is 22.3 Å². The van der Waals surface area contributed by atoms with E-state index in [4.69, 9.17) is 9.84 Å². The summed E-state index contributed by atoms with van der Waals surface area (Å²) in [5.41, 5.74) is 4.71. The highest BCUT2D eigenvalue weighted by molar-refractivity contribution is 5.81. The zero-order chi connectivity index (χ0) is 24.6. The Morgan fingerprint density at radius 3 is 2.23 bits per heavy atom. The quantitative estimate of drug-likeness (QED) is 0.324. The first-order valence-electron chi connectivity index (χ1n) is 12.3. The van der Waals surface area contributed by atoms with Crippen LogP contribution in [0.5, 0.6) is 0 Å². The maximum Gasteiger partial charge on any atom is 0.407 e. The summed E-state index contributed by atoms with van der Waals surface area (Å²) in [6, 6.07) is 16.2. The van der Waals surface area contributed by atoms with Gasteiger partial charge in [-0.1, -0.05) is 73.5 Å². The number of carbonyl (C=O) groups is 3. The first kappa shape index (κ1) is 24.5. The molecule has 2 amide bonds.